The largest absolute Gasteiger partial charge is 0.399 e. The Morgan fingerprint density at radius 1 is 1.37 bits per heavy atom. The first-order valence-corrected chi connectivity index (χ1v) is 6.71. The zero-order valence-electron chi connectivity index (χ0n) is 12.1. The molecule has 2 N–H and O–H groups in total. The molecular weight excluding hydrogens is 240 g/mol. The first-order valence-electron chi connectivity index (χ1n) is 6.71. The van der Waals surface area contributed by atoms with Gasteiger partial charge in [0.1, 0.15) is 0 Å². The molecule has 0 radical (unpaired) electrons. The molecule has 106 valence electrons. The summed E-state index contributed by atoms with van der Waals surface area (Å²) in [5.41, 5.74) is 7.50. The van der Waals surface area contributed by atoms with E-state index in [2.05, 4.69) is 0 Å². The molecule has 1 atom stereocenters. The minimum absolute atomic E-state index is 0.124. The summed E-state index contributed by atoms with van der Waals surface area (Å²) in [4.78, 5) is 14.0. The summed E-state index contributed by atoms with van der Waals surface area (Å²) in [6.45, 7) is 5.32. The highest BCUT2D eigenvalue weighted by Crippen LogP contribution is 2.11. The number of amides is 1. The van der Waals surface area contributed by atoms with Gasteiger partial charge in [0.25, 0.3) is 0 Å². The Labute approximate surface area is 115 Å². The van der Waals surface area contributed by atoms with E-state index in [4.69, 9.17) is 10.5 Å². The summed E-state index contributed by atoms with van der Waals surface area (Å²) in [7, 11) is 1.67. The van der Waals surface area contributed by atoms with E-state index in [1.54, 1.807) is 7.11 Å². The Hall–Kier alpha value is -1.55. The van der Waals surface area contributed by atoms with E-state index in [0.717, 1.165) is 17.7 Å². The average Bonchev–Trinajstić information content (AvgIpc) is 2.43. The van der Waals surface area contributed by atoms with E-state index in [1.807, 2.05) is 43.0 Å². The molecule has 0 aliphatic carbocycles. The van der Waals surface area contributed by atoms with Gasteiger partial charge in [-0.2, -0.15) is 0 Å². The number of anilines is 1. The van der Waals surface area contributed by atoms with Gasteiger partial charge in [0.2, 0.25) is 5.91 Å². The third-order valence-corrected chi connectivity index (χ3v) is 3.25. The first kappa shape index (κ1) is 15.5. The zero-order valence-corrected chi connectivity index (χ0v) is 12.1. The minimum Gasteiger partial charge on any atom is -0.399 e. The molecule has 0 saturated carbocycles. The second-order valence-corrected chi connectivity index (χ2v) is 4.73. The summed E-state index contributed by atoms with van der Waals surface area (Å²) in [5, 5.41) is 0. The molecule has 4 heteroatoms. The number of hydrogen-bond donors (Lipinski definition) is 1. The normalized spacial score (nSPS) is 12.2. The van der Waals surface area contributed by atoms with Gasteiger partial charge in [0.15, 0.2) is 0 Å². The molecule has 0 saturated heterocycles. The molecule has 0 aliphatic heterocycles. The molecule has 4 nitrogen and oxygen atoms in total. The third-order valence-electron chi connectivity index (χ3n) is 3.25. The molecule has 0 aliphatic rings. The lowest BCUT2D eigenvalue weighted by molar-refractivity contribution is -0.132. The van der Waals surface area contributed by atoms with Crippen molar-refractivity contribution < 1.29 is 9.53 Å². The van der Waals surface area contributed by atoms with Crippen molar-refractivity contribution in [2.45, 2.75) is 39.3 Å². The highest BCUT2D eigenvalue weighted by molar-refractivity contribution is 5.76. The maximum Gasteiger partial charge on any atom is 0.222 e. The van der Waals surface area contributed by atoms with E-state index >= 15 is 0 Å². The van der Waals surface area contributed by atoms with Crippen LogP contribution in [0, 0.1) is 0 Å². The lowest BCUT2D eigenvalue weighted by Gasteiger charge is -2.22. The number of hydrogen-bond acceptors (Lipinski definition) is 3. The molecule has 1 aromatic carbocycles. The monoisotopic (exact) mass is 264 g/mol. The first-order chi connectivity index (χ1) is 9.06. The summed E-state index contributed by atoms with van der Waals surface area (Å²) in [6, 6.07) is 7.65. The van der Waals surface area contributed by atoms with Crippen LogP contribution in [0.15, 0.2) is 24.3 Å². The lowest BCUT2D eigenvalue weighted by atomic mass is 10.1. The topological polar surface area (TPSA) is 55.6 Å². The molecule has 1 aromatic rings. The molecular formula is C15H24N2O2. The summed E-state index contributed by atoms with van der Waals surface area (Å²) < 4.78 is 5.16. The Kier molecular flexibility index (Phi) is 6.36. The summed E-state index contributed by atoms with van der Waals surface area (Å²) >= 11 is 0. The van der Waals surface area contributed by atoms with Crippen LogP contribution < -0.4 is 5.73 Å². The molecule has 19 heavy (non-hydrogen) atoms. The predicted octanol–water partition coefficient (Wildman–Crippen LogP) is 2.43. The summed E-state index contributed by atoms with van der Waals surface area (Å²) in [6.07, 6.45) is 1.41. The van der Waals surface area contributed by atoms with Crippen molar-refractivity contribution >= 4 is 11.6 Å². The van der Waals surface area contributed by atoms with Gasteiger partial charge in [-0.25, -0.2) is 0 Å². The fourth-order valence-corrected chi connectivity index (χ4v) is 1.82. The van der Waals surface area contributed by atoms with Gasteiger partial charge in [0, 0.05) is 32.3 Å². The van der Waals surface area contributed by atoms with E-state index in [9.17, 15) is 4.79 Å². The molecule has 0 bridgehead atoms. The number of nitrogen functional groups attached to an aromatic ring is 1. The number of nitrogens with two attached hydrogens (primary N) is 1. The van der Waals surface area contributed by atoms with Gasteiger partial charge >= 0.3 is 0 Å². The molecule has 1 rings (SSSR count). The smallest absolute Gasteiger partial charge is 0.222 e. The average molecular weight is 264 g/mol. The van der Waals surface area contributed by atoms with E-state index < -0.39 is 0 Å². The van der Waals surface area contributed by atoms with Crippen molar-refractivity contribution in [1.82, 2.24) is 4.90 Å². The van der Waals surface area contributed by atoms with Crippen molar-refractivity contribution in [2.75, 3.05) is 19.4 Å². The van der Waals surface area contributed by atoms with Crippen LogP contribution in [0.3, 0.4) is 0 Å². The van der Waals surface area contributed by atoms with E-state index in [-0.39, 0.29) is 12.0 Å². The molecule has 0 spiro atoms. The minimum atomic E-state index is 0.124. The van der Waals surface area contributed by atoms with Gasteiger partial charge in [-0.1, -0.05) is 12.1 Å². The Morgan fingerprint density at radius 3 is 2.53 bits per heavy atom. The maximum absolute atomic E-state index is 12.1. The standard InChI is InChI=1S/C15H24N2O2/c1-4-17(15(18)10-5-12(2)19-3)11-13-6-8-14(16)9-7-13/h6-9,12H,4-5,10-11,16H2,1-3H3. The highest BCUT2D eigenvalue weighted by Gasteiger charge is 2.13. The SMILES string of the molecule is CCN(Cc1ccc(N)cc1)C(=O)CCC(C)OC. The fourth-order valence-electron chi connectivity index (χ4n) is 1.82. The molecule has 0 fully saturated rings. The number of methoxy groups -OCH3 is 1. The number of rotatable bonds is 7. The van der Waals surface area contributed by atoms with Crippen LogP contribution >= 0.6 is 0 Å². The second kappa shape index (κ2) is 7.79. The fraction of sp³-hybridized carbons (Fsp3) is 0.533. The van der Waals surface area contributed by atoms with Gasteiger partial charge in [-0.15, -0.1) is 0 Å². The molecule has 1 amide bonds. The lowest BCUT2D eigenvalue weighted by Crippen LogP contribution is -2.30. The quantitative estimate of drug-likeness (QED) is 0.770. The van der Waals surface area contributed by atoms with Gasteiger partial charge in [0.05, 0.1) is 6.10 Å². The van der Waals surface area contributed by atoms with Crippen LogP contribution in [-0.2, 0) is 16.1 Å². The van der Waals surface area contributed by atoms with Crippen LogP contribution in [0.25, 0.3) is 0 Å². The Morgan fingerprint density at radius 2 is 2.00 bits per heavy atom. The second-order valence-electron chi connectivity index (χ2n) is 4.73. The third kappa shape index (κ3) is 5.30. The highest BCUT2D eigenvalue weighted by atomic mass is 16.5. The number of benzene rings is 1. The van der Waals surface area contributed by atoms with Crippen molar-refractivity contribution in [2.24, 2.45) is 0 Å². The van der Waals surface area contributed by atoms with Gasteiger partial charge < -0.3 is 15.4 Å². The van der Waals surface area contributed by atoms with Crippen LogP contribution in [0.2, 0.25) is 0 Å². The van der Waals surface area contributed by atoms with Crippen molar-refractivity contribution in [3.05, 3.63) is 29.8 Å². The van der Waals surface area contributed by atoms with Crippen molar-refractivity contribution in [1.29, 1.82) is 0 Å². The molecule has 1 unspecified atom stereocenters. The zero-order chi connectivity index (χ0) is 14.3. The van der Waals surface area contributed by atoms with E-state index in [1.165, 1.54) is 0 Å². The van der Waals surface area contributed by atoms with E-state index in [0.29, 0.717) is 19.5 Å². The number of carbonyl (C=O) groups excluding carboxylic acids is 1. The van der Waals surface area contributed by atoms with Crippen LogP contribution in [0.1, 0.15) is 32.3 Å². The number of ether oxygens (including phenoxy) is 1. The van der Waals surface area contributed by atoms with Crippen molar-refractivity contribution in [3.63, 3.8) is 0 Å². The Bertz CT molecular complexity index is 390. The Balaban J connectivity index is 2.52. The van der Waals surface area contributed by atoms with Gasteiger partial charge in [-0.3, -0.25) is 4.79 Å². The number of carbonyl (C=O) groups is 1. The van der Waals surface area contributed by atoms with Crippen LogP contribution in [0.4, 0.5) is 5.69 Å². The molecule has 0 heterocycles. The van der Waals surface area contributed by atoms with Crippen LogP contribution in [-0.4, -0.2) is 30.6 Å². The molecule has 0 aromatic heterocycles. The van der Waals surface area contributed by atoms with Crippen LogP contribution in [0.5, 0.6) is 0 Å². The van der Waals surface area contributed by atoms with Gasteiger partial charge in [-0.05, 0) is 38.0 Å². The number of nitrogens with zero attached hydrogens (tertiary/aromatic N) is 1. The maximum atomic E-state index is 12.1. The predicted molar refractivity (Wildman–Crippen MR) is 77.7 cm³/mol. The summed E-state index contributed by atoms with van der Waals surface area (Å²) in [5.74, 6) is 0.170. The van der Waals surface area contributed by atoms with Crippen molar-refractivity contribution in [3.8, 4) is 0 Å².